The van der Waals surface area contributed by atoms with Gasteiger partial charge in [0, 0.05) is 17.7 Å². The number of carbonyl (C=O) groups excluding carboxylic acids is 1. The van der Waals surface area contributed by atoms with Gasteiger partial charge < -0.3 is 4.57 Å². The van der Waals surface area contributed by atoms with Crippen molar-refractivity contribution in [2.24, 2.45) is 0 Å². The average Bonchev–Trinajstić information content (AvgIpc) is 3.03. The maximum atomic E-state index is 12.4. The number of aromatic nitrogens is 3. The molecule has 0 bridgehead atoms. The molecular weight excluding hydrogens is 354 g/mol. The van der Waals surface area contributed by atoms with E-state index in [9.17, 15) is 4.79 Å². The molecule has 6 heteroatoms. The quantitative estimate of drug-likeness (QED) is 0.456. The zero-order chi connectivity index (χ0) is 17.8. The normalized spacial score (nSPS) is 10.8. The Balaban J connectivity index is 1.78. The minimum atomic E-state index is 0.0787. The number of ketones is 1. The minimum absolute atomic E-state index is 0.0787. The fraction of sp³-hybridized carbons (Fsp3) is 0.211. The van der Waals surface area contributed by atoms with Gasteiger partial charge >= 0.3 is 0 Å². The Morgan fingerprint density at radius 2 is 1.84 bits per heavy atom. The molecule has 2 aromatic carbocycles. The molecular formula is C19H18ClN3OS. The number of hydrogen-bond acceptors (Lipinski definition) is 4. The predicted octanol–water partition coefficient (Wildman–Crippen LogP) is 4.90. The number of carbonyl (C=O) groups is 1. The summed E-state index contributed by atoms with van der Waals surface area (Å²) in [5.41, 5.74) is 2.70. The third-order valence-electron chi connectivity index (χ3n) is 3.85. The fourth-order valence-corrected chi connectivity index (χ4v) is 3.59. The lowest BCUT2D eigenvalue weighted by Gasteiger charge is -2.08. The smallest absolute Gasteiger partial charge is 0.191 e. The summed E-state index contributed by atoms with van der Waals surface area (Å²) in [5, 5.41) is 9.88. The Morgan fingerprint density at radius 1 is 1.12 bits per heavy atom. The molecule has 3 aromatic rings. The molecule has 0 amide bonds. The molecule has 0 aliphatic rings. The van der Waals surface area contributed by atoms with Crippen LogP contribution in [-0.2, 0) is 6.54 Å². The van der Waals surface area contributed by atoms with Crippen molar-refractivity contribution in [2.75, 3.05) is 5.75 Å². The number of rotatable bonds is 6. The number of thioether (sulfide) groups is 1. The summed E-state index contributed by atoms with van der Waals surface area (Å²) in [4.78, 5) is 12.4. The summed E-state index contributed by atoms with van der Waals surface area (Å²) in [6.45, 7) is 4.73. The van der Waals surface area contributed by atoms with Gasteiger partial charge in [0.2, 0.25) is 0 Å². The highest BCUT2D eigenvalue weighted by atomic mass is 35.5. The molecule has 0 N–H and O–H groups in total. The molecule has 1 aromatic heterocycles. The van der Waals surface area contributed by atoms with E-state index in [2.05, 4.69) is 10.2 Å². The highest BCUT2D eigenvalue weighted by Crippen LogP contribution is 2.29. The lowest BCUT2D eigenvalue weighted by molar-refractivity contribution is 0.102. The Hall–Kier alpha value is -2.11. The average molecular weight is 372 g/mol. The lowest BCUT2D eigenvalue weighted by Crippen LogP contribution is -2.05. The highest BCUT2D eigenvalue weighted by Gasteiger charge is 2.16. The molecule has 0 saturated carbocycles. The summed E-state index contributed by atoms with van der Waals surface area (Å²) in [7, 11) is 0. The van der Waals surface area contributed by atoms with Gasteiger partial charge in [-0.15, -0.1) is 10.2 Å². The van der Waals surface area contributed by atoms with Gasteiger partial charge in [0.05, 0.1) is 10.8 Å². The van der Waals surface area contributed by atoms with E-state index >= 15 is 0 Å². The van der Waals surface area contributed by atoms with Crippen LogP contribution in [-0.4, -0.2) is 26.3 Å². The van der Waals surface area contributed by atoms with Crippen LogP contribution >= 0.6 is 23.4 Å². The standard InChI is InChI=1S/C19H18ClN3OS/c1-3-23-18(15-6-4-5-7-16(15)20)21-22-19(23)25-12-17(24)14-10-8-13(2)9-11-14/h4-11H,3,12H2,1-2H3. The van der Waals surface area contributed by atoms with Crippen LogP contribution in [0.5, 0.6) is 0 Å². The first-order valence-corrected chi connectivity index (χ1v) is 9.37. The van der Waals surface area contributed by atoms with Crippen LogP contribution in [0.15, 0.2) is 53.7 Å². The van der Waals surface area contributed by atoms with Gasteiger partial charge in [-0.1, -0.05) is 65.3 Å². The fourth-order valence-electron chi connectivity index (χ4n) is 2.48. The molecule has 0 radical (unpaired) electrons. The van der Waals surface area contributed by atoms with Gasteiger partial charge in [-0.25, -0.2) is 0 Å². The molecule has 0 fully saturated rings. The molecule has 0 saturated heterocycles. The van der Waals surface area contributed by atoms with Crippen LogP contribution in [0.2, 0.25) is 5.02 Å². The molecule has 0 unspecified atom stereocenters. The summed E-state index contributed by atoms with van der Waals surface area (Å²) in [6.07, 6.45) is 0. The highest BCUT2D eigenvalue weighted by molar-refractivity contribution is 7.99. The van der Waals surface area contributed by atoms with Crippen molar-refractivity contribution in [3.05, 3.63) is 64.7 Å². The van der Waals surface area contributed by atoms with Crippen LogP contribution in [0, 0.1) is 6.92 Å². The second-order valence-corrected chi connectivity index (χ2v) is 6.96. The predicted molar refractivity (Wildman–Crippen MR) is 102 cm³/mol. The first kappa shape index (κ1) is 17.7. The first-order chi connectivity index (χ1) is 12.1. The van der Waals surface area contributed by atoms with Gasteiger partial charge in [-0.05, 0) is 26.0 Å². The summed E-state index contributed by atoms with van der Waals surface area (Å²) in [6, 6.07) is 15.2. The maximum Gasteiger partial charge on any atom is 0.191 e. The number of hydrogen-bond donors (Lipinski definition) is 0. The third-order valence-corrected chi connectivity index (χ3v) is 5.15. The second-order valence-electron chi connectivity index (χ2n) is 5.61. The molecule has 0 atom stereocenters. The molecule has 0 aliphatic carbocycles. The number of halogens is 1. The summed E-state index contributed by atoms with van der Waals surface area (Å²) >= 11 is 7.67. The van der Waals surface area contributed by atoms with E-state index in [0.29, 0.717) is 22.9 Å². The molecule has 3 rings (SSSR count). The summed E-state index contributed by atoms with van der Waals surface area (Å²) < 4.78 is 1.98. The molecule has 4 nitrogen and oxygen atoms in total. The Kier molecular flexibility index (Phi) is 5.56. The van der Waals surface area contributed by atoms with Crippen LogP contribution in [0.25, 0.3) is 11.4 Å². The van der Waals surface area contributed by atoms with E-state index in [1.165, 1.54) is 11.8 Å². The van der Waals surface area contributed by atoms with Crippen molar-refractivity contribution in [3.63, 3.8) is 0 Å². The van der Waals surface area contributed by atoms with Gasteiger partial charge in [-0.3, -0.25) is 4.79 Å². The van der Waals surface area contributed by atoms with Crippen molar-refractivity contribution in [2.45, 2.75) is 25.5 Å². The molecule has 0 aliphatic heterocycles. The maximum absolute atomic E-state index is 12.4. The zero-order valence-electron chi connectivity index (χ0n) is 14.1. The van der Waals surface area contributed by atoms with Gasteiger partial charge in [0.1, 0.15) is 0 Å². The lowest BCUT2D eigenvalue weighted by atomic mass is 10.1. The van der Waals surface area contributed by atoms with Crippen molar-refractivity contribution < 1.29 is 4.79 Å². The third kappa shape index (κ3) is 3.94. The van der Waals surface area contributed by atoms with Crippen LogP contribution in [0.1, 0.15) is 22.8 Å². The topological polar surface area (TPSA) is 47.8 Å². The minimum Gasteiger partial charge on any atom is -0.302 e. The number of benzene rings is 2. The van der Waals surface area contributed by atoms with Gasteiger partial charge in [0.15, 0.2) is 16.8 Å². The van der Waals surface area contributed by atoms with E-state index in [1.54, 1.807) is 0 Å². The first-order valence-electron chi connectivity index (χ1n) is 8.01. The molecule has 25 heavy (non-hydrogen) atoms. The van der Waals surface area contributed by atoms with Crippen LogP contribution in [0.4, 0.5) is 0 Å². The van der Waals surface area contributed by atoms with Gasteiger partial charge in [0.25, 0.3) is 0 Å². The van der Waals surface area contributed by atoms with E-state index in [4.69, 9.17) is 11.6 Å². The SMILES string of the molecule is CCn1c(SCC(=O)c2ccc(C)cc2)nnc1-c1ccccc1Cl. The van der Waals surface area contributed by atoms with Crippen molar-refractivity contribution >= 4 is 29.1 Å². The van der Waals surface area contributed by atoms with E-state index < -0.39 is 0 Å². The van der Waals surface area contributed by atoms with Crippen LogP contribution < -0.4 is 0 Å². The Morgan fingerprint density at radius 3 is 2.52 bits per heavy atom. The van der Waals surface area contributed by atoms with Crippen molar-refractivity contribution in [3.8, 4) is 11.4 Å². The number of nitrogens with zero attached hydrogens (tertiary/aromatic N) is 3. The Bertz CT molecular complexity index is 890. The molecule has 0 spiro atoms. The van der Waals surface area contributed by atoms with E-state index in [1.807, 2.05) is 66.9 Å². The zero-order valence-corrected chi connectivity index (χ0v) is 15.6. The van der Waals surface area contributed by atoms with E-state index in [-0.39, 0.29) is 5.78 Å². The summed E-state index contributed by atoms with van der Waals surface area (Å²) in [5.74, 6) is 1.12. The van der Waals surface area contributed by atoms with Gasteiger partial charge in [-0.2, -0.15) is 0 Å². The number of Topliss-reactive ketones (excluding diaryl/α,β-unsaturated/α-hetero) is 1. The largest absolute Gasteiger partial charge is 0.302 e. The van der Waals surface area contributed by atoms with Crippen molar-refractivity contribution in [1.82, 2.24) is 14.8 Å². The Labute approximate surface area is 156 Å². The van der Waals surface area contributed by atoms with Crippen molar-refractivity contribution in [1.29, 1.82) is 0 Å². The van der Waals surface area contributed by atoms with Crippen LogP contribution in [0.3, 0.4) is 0 Å². The second kappa shape index (κ2) is 7.85. The molecule has 1 heterocycles. The monoisotopic (exact) mass is 371 g/mol. The number of aryl methyl sites for hydroxylation is 1. The van der Waals surface area contributed by atoms with E-state index in [0.717, 1.165) is 22.1 Å². The molecule has 128 valence electrons.